The van der Waals surface area contributed by atoms with E-state index in [9.17, 15) is 4.79 Å². The number of hydrogen-bond donors (Lipinski definition) is 2. The smallest absolute Gasteiger partial charge is 0.229 e. The Balaban J connectivity index is 1.24. The zero-order valence-corrected chi connectivity index (χ0v) is 19.0. The number of amides is 1. The molecule has 5 rings (SSSR count). The Kier molecular flexibility index (Phi) is 5.69. The van der Waals surface area contributed by atoms with Gasteiger partial charge in [-0.3, -0.25) is 4.79 Å². The van der Waals surface area contributed by atoms with Crippen LogP contribution in [0.1, 0.15) is 24.1 Å². The van der Waals surface area contributed by atoms with Crippen LogP contribution >= 0.6 is 0 Å². The summed E-state index contributed by atoms with van der Waals surface area (Å²) >= 11 is 0. The van der Waals surface area contributed by atoms with E-state index in [2.05, 4.69) is 42.2 Å². The molecule has 168 valence electrons. The standard InChI is InChI=1S/C26H28N6O/c1-18-15-24(32-13-5-6-14-32)30-26(27-18)29-21-11-9-20(10-12-21)28-25(33)16-19-17-31(2)23-8-4-3-7-22(19)23/h3-4,7-12,15,17H,5-6,13-14,16H2,1-2H3,(H,28,33)(H,27,29,30). The number of nitrogens with zero attached hydrogens (tertiary/aromatic N) is 4. The van der Waals surface area contributed by atoms with Gasteiger partial charge < -0.3 is 20.1 Å². The van der Waals surface area contributed by atoms with Crippen molar-refractivity contribution in [3.8, 4) is 0 Å². The second kappa shape index (κ2) is 8.94. The number of fused-ring (bicyclic) bond motifs is 1. The van der Waals surface area contributed by atoms with Gasteiger partial charge in [0.2, 0.25) is 11.9 Å². The highest BCUT2D eigenvalue weighted by atomic mass is 16.1. The van der Waals surface area contributed by atoms with Gasteiger partial charge in [-0.2, -0.15) is 4.98 Å². The minimum absolute atomic E-state index is 0.0377. The normalized spacial score (nSPS) is 13.5. The first kappa shape index (κ1) is 21.0. The molecule has 0 spiro atoms. The lowest BCUT2D eigenvalue weighted by Gasteiger charge is -2.17. The first-order valence-electron chi connectivity index (χ1n) is 11.4. The molecule has 0 atom stereocenters. The molecule has 1 fully saturated rings. The Labute approximate surface area is 193 Å². The molecule has 0 bridgehead atoms. The third-order valence-corrected chi connectivity index (χ3v) is 6.03. The molecular weight excluding hydrogens is 412 g/mol. The highest BCUT2D eigenvalue weighted by molar-refractivity contribution is 5.96. The van der Waals surface area contributed by atoms with Crippen molar-refractivity contribution in [1.29, 1.82) is 0 Å². The van der Waals surface area contributed by atoms with E-state index >= 15 is 0 Å². The highest BCUT2D eigenvalue weighted by Gasteiger charge is 2.15. The van der Waals surface area contributed by atoms with Crippen LogP contribution in [0.25, 0.3) is 10.9 Å². The summed E-state index contributed by atoms with van der Waals surface area (Å²) in [5.41, 5.74) is 4.72. The first-order valence-corrected chi connectivity index (χ1v) is 11.4. The maximum atomic E-state index is 12.7. The summed E-state index contributed by atoms with van der Waals surface area (Å²) < 4.78 is 2.06. The summed E-state index contributed by atoms with van der Waals surface area (Å²) in [4.78, 5) is 24.2. The maximum Gasteiger partial charge on any atom is 0.229 e. The molecule has 0 saturated carbocycles. The summed E-state index contributed by atoms with van der Waals surface area (Å²) in [7, 11) is 2.00. The van der Waals surface area contributed by atoms with E-state index in [1.807, 2.05) is 62.6 Å². The Morgan fingerprint density at radius 2 is 1.73 bits per heavy atom. The Morgan fingerprint density at radius 3 is 2.52 bits per heavy atom. The number of carbonyl (C=O) groups is 1. The fourth-order valence-electron chi connectivity index (χ4n) is 4.43. The zero-order chi connectivity index (χ0) is 22.8. The topological polar surface area (TPSA) is 75.1 Å². The van der Waals surface area contributed by atoms with Crippen LogP contribution in [-0.4, -0.2) is 33.5 Å². The molecule has 2 N–H and O–H groups in total. The second-order valence-electron chi connectivity index (χ2n) is 8.59. The molecule has 2 aromatic heterocycles. The van der Waals surface area contributed by atoms with E-state index in [1.165, 1.54) is 12.8 Å². The maximum absolute atomic E-state index is 12.7. The van der Waals surface area contributed by atoms with Gasteiger partial charge in [-0.15, -0.1) is 0 Å². The Bertz CT molecular complexity index is 1290. The number of nitrogens with one attached hydrogen (secondary N) is 2. The fourth-order valence-corrected chi connectivity index (χ4v) is 4.43. The van der Waals surface area contributed by atoms with Crippen molar-refractivity contribution in [2.24, 2.45) is 7.05 Å². The minimum atomic E-state index is -0.0377. The van der Waals surface area contributed by atoms with E-state index in [0.29, 0.717) is 12.4 Å². The molecule has 0 aliphatic carbocycles. The van der Waals surface area contributed by atoms with Gasteiger partial charge in [0.15, 0.2) is 0 Å². The zero-order valence-electron chi connectivity index (χ0n) is 19.0. The highest BCUT2D eigenvalue weighted by Crippen LogP contribution is 2.24. The number of para-hydroxylation sites is 1. The van der Waals surface area contributed by atoms with E-state index < -0.39 is 0 Å². The third-order valence-electron chi connectivity index (χ3n) is 6.03. The molecule has 4 aromatic rings. The van der Waals surface area contributed by atoms with Gasteiger partial charge in [0.05, 0.1) is 6.42 Å². The van der Waals surface area contributed by atoms with Crippen molar-refractivity contribution in [3.05, 3.63) is 72.1 Å². The molecular formula is C26H28N6O. The number of benzene rings is 2. The molecule has 1 amide bonds. The van der Waals surface area contributed by atoms with Crippen LogP contribution in [-0.2, 0) is 18.3 Å². The van der Waals surface area contributed by atoms with Gasteiger partial charge in [-0.1, -0.05) is 18.2 Å². The molecule has 3 heterocycles. The Hall–Kier alpha value is -3.87. The third kappa shape index (κ3) is 4.67. The van der Waals surface area contributed by atoms with Gasteiger partial charge in [-0.25, -0.2) is 4.98 Å². The summed E-state index contributed by atoms with van der Waals surface area (Å²) in [5.74, 6) is 1.52. The number of carbonyl (C=O) groups excluding carboxylic acids is 1. The minimum Gasteiger partial charge on any atom is -0.356 e. The molecule has 33 heavy (non-hydrogen) atoms. The lowest BCUT2D eigenvalue weighted by Crippen LogP contribution is -2.19. The summed E-state index contributed by atoms with van der Waals surface area (Å²) in [6.07, 6.45) is 4.77. The summed E-state index contributed by atoms with van der Waals surface area (Å²) in [5, 5.41) is 7.40. The van der Waals surface area contributed by atoms with Crippen molar-refractivity contribution < 1.29 is 4.79 Å². The molecule has 1 aliphatic rings. The largest absolute Gasteiger partial charge is 0.356 e. The van der Waals surface area contributed by atoms with E-state index in [0.717, 1.165) is 52.4 Å². The molecule has 0 radical (unpaired) electrons. The van der Waals surface area contributed by atoms with Gasteiger partial charge in [0, 0.05) is 60.4 Å². The molecule has 7 heteroatoms. The van der Waals surface area contributed by atoms with Gasteiger partial charge >= 0.3 is 0 Å². The van der Waals surface area contributed by atoms with E-state index in [1.54, 1.807) is 0 Å². The van der Waals surface area contributed by atoms with E-state index in [4.69, 9.17) is 0 Å². The summed E-state index contributed by atoms with van der Waals surface area (Å²) in [6, 6.07) is 17.8. The predicted octanol–water partition coefficient (Wildman–Crippen LogP) is 4.80. The average molecular weight is 441 g/mol. The van der Waals surface area contributed by atoms with Crippen molar-refractivity contribution >= 4 is 40.0 Å². The van der Waals surface area contributed by atoms with Crippen LogP contribution < -0.4 is 15.5 Å². The van der Waals surface area contributed by atoms with Crippen LogP contribution in [0.2, 0.25) is 0 Å². The van der Waals surface area contributed by atoms with Gasteiger partial charge in [0.1, 0.15) is 5.82 Å². The van der Waals surface area contributed by atoms with Crippen LogP contribution in [0.15, 0.2) is 60.8 Å². The summed E-state index contributed by atoms with van der Waals surface area (Å²) in [6.45, 7) is 4.08. The van der Waals surface area contributed by atoms with Crippen molar-refractivity contribution in [2.45, 2.75) is 26.2 Å². The number of rotatable bonds is 6. The quantitative estimate of drug-likeness (QED) is 0.450. The van der Waals surface area contributed by atoms with E-state index in [-0.39, 0.29) is 5.91 Å². The lowest BCUT2D eigenvalue weighted by molar-refractivity contribution is -0.115. The molecule has 1 aliphatic heterocycles. The monoisotopic (exact) mass is 440 g/mol. The number of aryl methyl sites for hydroxylation is 2. The number of anilines is 4. The van der Waals surface area contributed by atoms with Crippen LogP contribution in [0.4, 0.5) is 23.1 Å². The average Bonchev–Trinajstić information content (AvgIpc) is 3.44. The predicted molar refractivity (Wildman–Crippen MR) is 133 cm³/mol. The van der Waals surface area contributed by atoms with Crippen molar-refractivity contribution in [1.82, 2.24) is 14.5 Å². The van der Waals surface area contributed by atoms with Crippen LogP contribution in [0, 0.1) is 6.92 Å². The van der Waals surface area contributed by atoms with Crippen LogP contribution in [0.3, 0.4) is 0 Å². The molecule has 7 nitrogen and oxygen atoms in total. The van der Waals surface area contributed by atoms with Crippen molar-refractivity contribution in [2.75, 3.05) is 28.6 Å². The van der Waals surface area contributed by atoms with Gasteiger partial charge in [0.25, 0.3) is 0 Å². The van der Waals surface area contributed by atoms with Gasteiger partial charge in [-0.05, 0) is 55.7 Å². The van der Waals surface area contributed by atoms with Crippen molar-refractivity contribution in [3.63, 3.8) is 0 Å². The SMILES string of the molecule is Cc1cc(N2CCCC2)nc(Nc2ccc(NC(=O)Cc3cn(C)c4ccccc34)cc2)n1. The molecule has 2 aromatic carbocycles. The second-order valence-corrected chi connectivity index (χ2v) is 8.59. The Morgan fingerprint density at radius 1 is 1.00 bits per heavy atom. The van der Waals surface area contributed by atoms with Crippen LogP contribution in [0.5, 0.6) is 0 Å². The number of aromatic nitrogens is 3. The molecule has 0 unspecified atom stereocenters. The molecule has 1 saturated heterocycles. The lowest BCUT2D eigenvalue weighted by atomic mass is 10.1. The fraction of sp³-hybridized carbons (Fsp3) is 0.269. The first-order chi connectivity index (χ1) is 16.0. The number of hydrogen-bond acceptors (Lipinski definition) is 5.